The van der Waals surface area contributed by atoms with E-state index in [4.69, 9.17) is 14.4 Å². The predicted octanol–water partition coefficient (Wildman–Crippen LogP) is 0.652. The number of ether oxygens (including phenoxy) is 1. The van der Waals surface area contributed by atoms with Gasteiger partial charge in [-0.15, -0.1) is 0 Å². The van der Waals surface area contributed by atoms with Crippen LogP contribution in [0.5, 0.6) is 0 Å². The average Bonchev–Trinajstić information content (AvgIpc) is 2.47. The van der Waals surface area contributed by atoms with Gasteiger partial charge in [0.2, 0.25) is 0 Å². The van der Waals surface area contributed by atoms with E-state index < -0.39 is 5.97 Å². The lowest BCUT2D eigenvalue weighted by molar-refractivity contribution is 0.0519. The van der Waals surface area contributed by atoms with Gasteiger partial charge in [-0.25, -0.2) is 4.79 Å². The normalized spacial score (nSPS) is 10.1. The maximum atomic E-state index is 11.3. The lowest BCUT2D eigenvalue weighted by atomic mass is 10.2. The first-order chi connectivity index (χ1) is 6.20. The van der Waals surface area contributed by atoms with Gasteiger partial charge in [-0.3, -0.25) is 0 Å². The van der Waals surface area contributed by atoms with E-state index in [1.807, 2.05) is 0 Å². The molecule has 1 rings (SSSR count). The third-order valence-corrected chi connectivity index (χ3v) is 1.56. The summed E-state index contributed by atoms with van der Waals surface area (Å²) in [5, 5.41) is 12.4. The summed E-state index contributed by atoms with van der Waals surface area (Å²) in [5.74, 6) is -0.360. The van der Waals surface area contributed by atoms with Gasteiger partial charge < -0.3 is 14.4 Å². The molecule has 0 spiro atoms. The Labute approximate surface area is 75.3 Å². The minimum atomic E-state index is -0.509. The second-order valence-corrected chi connectivity index (χ2v) is 2.44. The van der Waals surface area contributed by atoms with Crippen LogP contribution in [0.1, 0.15) is 28.7 Å². The van der Waals surface area contributed by atoms with Crippen molar-refractivity contribution < 1.29 is 19.2 Å². The van der Waals surface area contributed by atoms with E-state index >= 15 is 0 Å². The van der Waals surface area contributed by atoms with E-state index in [9.17, 15) is 4.79 Å². The van der Waals surface area contributed by atoms with Gasteiger partial charge in [0.15, 0.2) is 5.76 Å². The molecule has 5 nitrogen and oxygen atoms in total. The second kappa shape index (κ2) is 4.04. The van der Waals surface area contributed by atoms with Crippen LogP contribution in [0.3, 0.4) is 0 Å². The minimum absolute atomic E-state index is 0.149. The molecule has 0 atom stereocenters. The number of aromatic nitrogens is 1. The topological polar surface area (TPSA) is 72.6 Å². The summed E-state index contributed by atoms with van der Waals surface area (Å²) in [6.07, 6.45) is 0. The molecule has 0 bridgehead atoms. The molecule has 72 valence electrons. The van der Waals surface area contributed by atoms with Crippen molar-refractivity contribution in [3.8, 4) is 0 Å². The summed E-state index contributed by atoms with van der Waals surface area (Å²) in [6, 6.07) is 0. The van der Waals surface area contributed by atoms with Gasteiger partial charge >= 0.3 is 5.97 Å². The molecule has 13 heavy (non-hydrogen) atoms. The monoisotopic (exact) mass is 185 g/mol. The van der Waals surface area contributed by atoms with Gasteiger partial charge in [0, 0.05) is 0 Å². The second-order valence-electron chi connectivity index (χ2n) is 2.44. The van der Waals surface area contributed by atoms with Crippen molar-refractivity contribution >= 4 is 5.97 Å². The van der Waals surface area contributed by atoms with Crippen molar-refractivity contribution in [2.45, 2.75) is 20.5 Å². The van der Waals surface area contributed by atoms with Crippen LogP contribution in [-0.4, -0.2) is 22.8 Å². The van der Waals surface area contributed by atoms with Crippen molar-refractivity contribution in [2.75, 3.05) is 6.61 Å². The summed E-state index contributed by atoms with van der Waals surface area (Å²) in [6.45, 7) is 3.26. The van der Waals surface area contributed by atoms with Crippen LogP contribution in [0.4, 0.5) is 0 Å². The molecule has 1 heterocycles. The first-order valence-electron chi connectivity index (χ1n) is 3.93. The van der Waals surface area contributed by atoms with Gasteiger partial charge in [0.05, 0.1) is 12.3 Å². The number of aliphatic hydroxyl groups is 1. The van der Waals surface area contributed by atoms with E-state index in [0.29, 0.717) is 5.69 Å². The largest absolute Gasteiger partial charge is 0.462 e. The number of carbonyl (C=O) groups excluding carboxylic acids is 1. The third kappa shape index (κ3) is 1.86. The zero-order chi connectivity index (χ0) is 9.84. The summed E-state index contributed by atoms with van der Waals surface area (Å²) >= 11 is 0. The van der Waals surface area contributed by atoms with Gasteiger partial charge in [0.1, 0.15) is 12.2 Å². The molecule has 0 aliphatic heterocycles. The molecule has 5 heteroatoms. The van der Waals surface area contributed by atoms with Crippen molar-refractivity contribution in [1.29, 1.82) is 0 Å². The number of aliphatic hydroxyl groups excluding tert-OH is 1. The molecule has 1 N–H and O–H groups in total. The Morgan fingerprint density at radius 3 is 2.92 bits per heavy atom. The molecule has 0 unspecified atom stereocenters. The van der Waals surface area contributed by atoms with E-state index in [2.05, 4.69) is 5.16 Å². The highest BCUT2D eigenvalue weighted by Crippen LogP contribution is 2.14. The molecule has 1 aromatic rings. The zero-order valence-corrected chi connectivity index (χ0v) is 7.53. The highest BCUT2D eigenvalue weighted by atomic mass is 16.5. The molecule has 0 aromatic carbocycles. The van der Waals surface area contributed by atoms with Gasteiger partial charge in [-0.2, -0.15) is 0 Å². The Kier molecular flexibility index (Phi) is 3.02. The van der Waals surface area contributed by atoms with Crippen molar-refractivity contribution in [3.63, 3.8) is 0 Å². The van der Waals surface area contributed by atoms with Crippen molar-refractivity contribution in [3.05, 3.63) is 17.0 Å². The Hall–Kier alpha value is -1.36. The number of hydrogen-bond donors (Lipinski definition) is 1. The maximum absolute atomic E-state index is 11.3. The van der Waals surface area contributed by atoms with Gasteiger partial charge in [-0.05, 0) is 13.8 Å². The first kappa shape index (κ1) is 9.73. The minimum Gasteiger partial charge on any atom is -0.462 e. The highest BCUT2D eigenvalue weighted by molar-refractivity contribution is 5.91. The number of esters is 1. The van der Waals surface area contributed by atoms with Crippen LogP contribution in [0.2, 0.25) is 0 Å². The Morgan fingerprint density at radius 1 is 1.69 bits per heavy atom. The van der Waals surface area contributed by atoms with E-state index in [-0.39, 0.29) is 24.5 Å². The Balaban J connectivity index is 2.96. The SMILES string of the molecule is CCOC(=O)c1c(C)noc1CO. The average molecular weight is 185 g/mol. The lowest BCUT2D eigenvalue weighted by Gasteiger charge is -1.99. The fourth-order valence-electron chi connectivity index (χ4n) is 0.989. The zero-order valence-electron chi connectivity index (χ0n) is 7.53. The van der Waals surface area contributed by atoms with Crippen LogP contribution >= 0.6 is 0 Å². The molecule has 1 aromatic heterocycles. The maximum Gasteiger partial charge on any atom is 0.343 e. The van der Waals surface area contributed by atoms with E-state index in [1.54, 1.807) is 13.8 Å². The number of carbonyl (C=O) groups is 1. The Morgan fingerprint density at radius 2 is 2.38 bits per heavy atom. The van der Waals surface area contributed by atoms with Gasteiger partial charge in [0.25, 0.3) is 0 Å². The van der Waals surface area contributed by atoms with Crippen LogP contribution in [-0.2, 0) is 11.3 Å². The molecular weight excluding hydrogens is 174 g/mol. The fourth-order valence-corrected chi connectivity index (χ4v) is 0.989. The van der Waals surface area contributed by atoms with Crippen LogP contribution in [0.25, 0.3) is 0 Å². The Bertz CT molecular complexity index is 305. The molecule has 0 amide bonds. The van der Waals surface area contributed by atoms with Crippen molar-refractivity contribution in [2.24, 2.45) is 0 Å². The fraction of sp³-hybridized carbons (Fsp3) is 0.500. The van der Waals surface area contributed by atoms with Crippen LogP contribution in [0.15, 0.2) is 4.52 Å². The molecule has 0 saturated heterocycles. The van der Waals surface area contributed by atoms with Gasteiger partial charge in [-0.1, -0.05) is 5.16 Å². The van der Waals surface area contributed by atoms with E-state index in [0.717, 1.165) is 0 Å². The third-order valence-electron chi connectivity index (χ3n) is 1.56. The smallest absolute Gasteiger partial charge is 0.343 e. The number of aryl methyl sites for hydroxylation is 1. The first-order valence-corrected chi connectivity index (χ1v) is 3.93. The quantitative estimate of drug-likeness (QED) is 0.700. The summed E-state index contributed by atoms with van der Waals surface area (Å²) < 4.78 is 9.47. The predicted molar refractivity (Wildman–Crippen MR) is 43.1 cm³/mol. The summed E-state index contributed by atoms with van der Waals surface area (Å²) in [5.41, 5.74) is 0.659. The van der Waals surface area contributed by atoms with Crippen LogP contribution < -0.4 is 0 Å². The van der Waals surface area contributed by atoms with E-state index in [1.165, 1.54) is 0 Å². The molecular formula is C8H11NO4. The molecule has 0 aliphatic rings. The molecule has 0 aliphatic carbocycles. The molecule has 0 saturated carbocycles. The number of hydrogen-bond acceptors (Lipinski definition) is 5. The standard InChI is InChI=1S/C8H11NO4/c1-3-12-8(11)7-5(2)9-13-6(7)4-10/h10H,3-4H2,1-2H3. The van der Waals surface area contributed by atoms with Crippen LogP contribution in [0, 0.1) is 6.92 Å². The summed E-state index contributed by atoms with van der Waals surface area (Å²) in [7, 11) is 0. The lowest BCUT2D eigenvalue weighted by Crippen LogP contribution is -2.07. The molecule has 0 radical (unpaired) electrons. The summed E-state index contributed by atoms with van der Waals surface area (Å²) in [4.78, 5) is 11.3. The number of rotatable bonds is 3. The number of nitrogens with zero attached hydrogens (tertiary/aromatic N) is 1. The van der Waals surface area contributed by atoms with Crippen molar-refractivity contribution in [1.82, 2.24) is 5.16 Å². The highest BCUT2D eigenvalue weighted by Gasteiger charge is 2.20. The molecule has 0 fully saturated rings.